The lowest BCUT2D eigenvalue weighted by atomic mass is 9.58. The Morgan fingerprint density at radius 3 is 2.50 bits per heavy atom. The van der Waals surface area contributed by atoms with Gasteiger partial charge in [0.1, 0.15) is 0 Å². The first-order chi connectivity index (χ1) is 8.36. The molecule has 0 aromatic carbocycles. The van der Waals surface area contributed by atoms with Crippen LogP contribution in [0.4, 0.5) is 0 Å². The second-order valence-electron chi connectivity index (χ2n) is 7.44. The Kier molecular flexibility index (Phi) is 3.49. The van der Waals surface area contributed by atoms with Crippen LogP contribution in [0.5, 0.6) is 0 Å². The molecular weight excluding hydrogens is 222 g/mol. The third-order valence-corrected chi connectivity index (χ3v) is 5.51. The largest absolute Gasteiger partial charge is 0.388 e. The molecule has 3 atom stereocenters. The summed E-state index contributed by atoms with van der Waals surface area (Å²) in [4.78, 5) is 0. The number of rotatable bonds is 2. The van der Waals surface area contributed by atoms with Gasteiger partial charge >= 0.3 is 0 Å². The van der Waals surface area contributed by atoms with Gasteiger partial charge in [0, 0.05) is 0 Å². The van der Waals surface area contributed by atoms with Gasteiger partial charge in [0.15, 0.2) is 0 Å². The molecule has 2 heteroatoms. The van der Waals surface area contributed by atoms with Gasteiger partial charge in [-0.05, 0) is 49.9 Å². The summed E-state index contributed by atoms with van der Waals surface area (Å²) >= 11 is 0. The standard InChI is InChI=1S/C16H27NO/c1-4-13-6-9-15(10-13,12-17)16(18)8-5-7-14(2,3)11-16/h13,18H,4-11H2,1-3H3. The summed E-state index contributed by atoms with van der Waals surface area (Å²) in [5.74, 6) is 0.638. The molecule has 0 radical (unpaired) electrons. The van der Waals surface area contributed by atoms with Crippen molar-refractivity contribution in [2.75, 3.05) is 0 Å². The molecule has 2 fully saturated rings. The van der Waals surface area contributed by atoms with Crippen molar-refractivity contribution in [3.63, 3.8) is 0 Å². The Labute approximate surface area is 111 Å². The van der Waals surface area contributed by atoms with Gasteiger partial charge in [-0.2, -0.15) is 5.26 Å². The predicted octanol–water partition coefficient (Wildman–Crippen LogP) is 4.04. The van der Waals surface area contributed by atoms with Crippen LogP contribution in [-0.2, 0) is 0 Å². The maximum absolute atomic E-state index is 11.1. The van der Waals surface area contributed by atoms with E-state index in [1.54, 1.807) is 0 Å². The van der Waals surface area contributed by atoms with Crippen molar-refractivity contribution in [3.05, 3.63) is 0 Å². The maximum Gasteiger partial charge on any atom is 0.0863 e. The summed E-state index contributed by atoms with van der Waals surface area (Å²) in [7, 11) is 0. The summed E-state index contributed by atoms with van der Waals surface area (Å²) < 4.78 is 0. The van der Waals surface area contributed by atoms with E-state index < -0.39 is 11.0 Å². The van der Waals surface area contributed by atoms with Gasteiger partial charge in [0.2, 0.25) is 0 Å². The third-order valence-electron chi connectivity index (χ3n) is 5.51. The normalized spacial score (nSPS) is 43.6. The van der Waals surface area contributed by atoms with Gasteiger partial charge in [-0.15, -0.1) is 0 Å². The quantitative estimate of drug-likeness (QED) is 0.802. The van der Waals surface area contributed by atoms with Crippen LogP contribution in [0.25, 0.3) is 0 Å². The van der Waals surface area contributed by atoms with Crippen LogP contribution in [0.15, 0.2) is 0 Å². The van der Waals surface area contributed by atoms with E-state index in [1.807, 2.05) is 0 Å². The second kappa shape index (κ2) is 4.53. The summed E-state index contributed by atoms with van der Waals surface area (Å²) in [6, 6.07) is 2.54. The van der Waals surface area contributed by atoms with Crippen molar-refractivity contribution in [1.82, 2.24) is 0 Å². The molecule has 1 N–H and O–H groups in total. The lowest BCUT2D eigenvalue weighted by Gasteiger charge is -2.48. The van der Waals surface area contributed by atoms with Crippen LogP contribution in [0, 0.1) is 28.1 Å². The molecule has 2 rings (SSSR count). The lowest BCUT2D eigenvalue weighted by molar-refractivity contribution is -0.111. The van der Waals surface area contributed by atoms with Crippen molar-refractivity contribution in [1.29, 1.82) is 5.26 Å². The number of nitriles is 1. The molecule has 18 heavy (non-hydrogen) atoms. The molecule has 2 aliphatic carbocycles. The molecule has 102 valence electrons. The van der Waals surface area contributed by atoms with Crippen LogP contribution >= 0.6 is 0 Å². The SMILES string of the molecule is CCC1CCC(C#N)(C2(O)CCCC(C)(C)C2)C1. The highest BCUT2D eigenvalue weighted by Crippen LogP contribution is 2.57. The van der Waals surface area contributed by atoms with E-state index in [0.717, 1.165) is 44.9 Å². The molecule has 0 bridgehead atoms. The maximum atomic E-state index is 11.1. The van der Waals surface area contributed by atoms with E-state index in [4.69, 9.17) is 0 Å². The monoisotopic (exact) mass is 249 g/mol. The van der Waals surface area contributed by atoms with Crippen molar-refractivity contribution in [3.8, 4) is 6.07 Å². The summed E-state index contributed by atoms with van der Waals surface area (Å²) in [5.41, 5.74) is -1.03. The fourth-order valence-corrected chi connectivity index (χ4v) is 4.36. The van der Waals surface area contributed by atoms with Crippen LogP contribution < -0.4 is 0 Å². The second-order valence-corrected chi connectivity index (χ2v) is 7.44. The number of hydrogen-bond donors (Lipinski definition) is 1. The average molecular weight is 249 g/mol. The van der Waals surface area contributed by atoms with Gasteiger partial charge in [0.05, 0.1) is 17.1 Å². The van der Waals surface area contributed by atoms with Gasteiger partial charge in [0.25, 0.3) is 0 Å². The summed E-state index contributed by atoms with van der Waals surface area (Å²) in [6.45, 7) is 6.66. The van der Waals surface area contributed by atoms with Crippen LogP contribution in [0.2, 0.25) is 0 Å². The van der Waals surface area contributed by atoms with E-state index in [1.165, 1.54) is 6.42 Å². The molecule has 2 saturated carbocycles. The lowest BCUT2D eigenvalue weighted by Crippen LogP contribution is -2.51. The Balaban J connectivity index is 2.25. The fourth-order valence-electron chi connectivity index (χ4n) is 4.36. The van der Waals surface area contributed by atoms with Gasteiger partial charge in [-0.25, -0.2) is 0 Å². The van der Waals surface area contributed by atoms with E-state index >= 15 is 0 Å². The minimum atomic E-state index is -0.743. The Bertz CT molecular complexity index is 357. The third kappa shape index (κ3) is 2.18. The minimum Gasteiger partial charge on any atom is -0.388 e. The van der Waals surface area contributed by atoms with Crippen molar-refractivity contribution < 1.29 is 5.11 Å². The molecule has 0 aromatic heterocycles. The van der Waals surface area contributed by atoms with E-state index in [2.05, 4.69) is 26.8 Å². The minimum absolute atomic E-state index is 0.182. The molecule has 2 aliphatic rings. The molecule has 3 unspecified atom stereocenters. The Morgan fingerprint density at radius 2 is 2.00 bits per heavy atom. The summed E-state index contributed by atoms with van der Waals surface area (Å²) in [6.07, 6.45) is 7.92. The Hall–Kier alpha value is -0.550. The fraction of sp³-hybridized carbons (Fsp3) is 0.938. The first kappa shape index (κ1) is 13.9. The van der Waals surface area contributed by atoms with Crippen molar-refractivity contribution in [2.45, 2.75) is 77.7 Å². The Morgan fingerprint density at radius 1 is 1.28 bits per heavy atom. The number of aliphatic hydroxyl groups is 1. The first-order valence-corrected chi connectivity index (χ1v) is 7.50. The van der Waals surface area contributed by atoms with Gasteiger partial charge in [-0.1, -0.05) is 33.6 Å². The zero-order valence-corrected chi connectivity index (χ0v) is 12.1. The summed E-state index contributed by atoms with van der Waals surface area (Å²) in [5, 5.41) is 20.9. The molecular formula is C16H27NO. The zero-order valence-electron chi connectivity index (χ0n) is 12.1. The van der Waals surface area contributed by atoms with E-state index in [9.17, 15) is 10.4 Å². The van der Waals surface area contributed by atoms with Crippen LogP contribution in [0.1, 0.15) is 72.1 Å². The molecule has 0 saturated heterocycles. The van der Waals surface area contributed by atoms with Gasteiger partial charge in [-0.3, -0.25) is 0 Å². The molecule has 0 spiro atoms. The van der Waals surface area contributed by atoms with Crippen LogP contribution in [-0.4, -0.2) is 10.7 Å². The topological polar surface area (TPSA) is 44.0 Å². The molecule has 0 amide bonds. The van der Waals surface area contributed by atoms with Crippen molar-refractivity contribution in [2.24, 2.45) is 16.7 Å². The van der Waals surface area contributed by atoms with Crippen molar-refractivity contribution >= 4 is 0 Å². The molecule has 2 nitrogen and oxygen atoms in total. The molecule has 0 aliphatic heterocycles. The first-order valence-electron chi connectivity index (χ1n) is 7.50. The highest BCUT2D eigenvalue weighted by Gasteiger charge is 2.56. The molecule has 0 aromatic rings. The number of nitrogens with zero attached hydrogens (tertiary/aromatic N) is 1. The van der Waals surface area contributed by atoms with Crippen LogP contribution in [0.3, 0.4) is 0 Å². The van der Waals surface area contributed by atoms with E-state index in [-0.39, 0.29) is 5.41 Å². The predicted molar refractivity (Wildman–Crippen MR) is 72.9 cm³/mol. The van der Waals surface area contributed by atoms with Gasteiger partial charge < -0.3 is 5.11 Å². The smallest absolute Gasteiger partial charge is 0.0863 e. The van der Waals surface area contributed by atoms with E-state index in [0.29, 0.717) is 5.92 Å². The average Bonchev–Trinajstić information content (AvgIpc) is 2.72. The highest BCUT2D eigenvalue weighted by atomic mass is 16.3. The molecule has 0 heterocycles. The number of hydrogen-bond acceptors (Lipinski definition) is 2. The zero-order chi connectivity index (χ0) is 13.4. The highest BCUT2D eigenvalue weighted by molar-refractivity contribution is 5.16.